The normalized spacial score (nSPS) is 30.1. The zero-order valence-electron chi connectivity index (χ0n) is 13.9. The smallest absolute Gasteiger partial charge is 0.229 e. The van der Waals surface area contributed by atoms with Gasteiger partial charge in [-0.25, -0.2) is 0 Å². The molecule has 1 aliphatic rings. The first kappa shape index (κ1) is 18.3. The Hall–Kier alpha value is -2.09. The molecule has 1 heterocycles. The van der Waals surface area contributed by atoms with Crippen molar-refractivity contribution in [2.24, 2.45) is 0 Å². The number of hydrogen-bond acceptors (Lipinski definition) is 5. The summed E-state index contributed by atoms with van der Waals surface area (Å²) in [6.45, 7) is 3.05. The average Bonchev–Trinajstić information content (AvgIpc) is 2.55. The molecule has 132 valence electrons. The third kappa shape index (κ3) is 4.47. The maximum absolute atomic E-state index is 11.2. The first-order valence-electron chi connectivity index (χ1n) is 7.73. The van der Waals surface area contributed by atoms with Gasteiger partial charge in [0.25, 0.3) is 0 Å². The second-order valence-corrected chi connectivity index (χ2v) is 5.68. The number of carbonyl (C=O) groups is 1. The minimum Gasteiger partial charge on any atom is -0.693 e. The van der Waals surface area contributed by atoms with Crippen molar-refractivity contribution in [1.82, 2.24) is 5.32 Å². The summed E-state index contributed by atoms with van der Waals surface area (Å²) in [4.78, 5) is 11.2. The lowest BCUT2D eigenvalue weighted by atomic mass is 9.97. The van der Waals surface area contributed by atoms with Gasteiger partial charge in [0.1, 0.15) is 18.0 Å². The van der Waals surface area contributed by atoms with Crippen LogP contribution in [0.5, 0.6) is 5.75 Å². The minimum atomic E-state index is -1.28. The molecular formula is C17H23N2O5-. The molecule has 2 rings (SSSR count). The summed E-state index contributed by atoms with van der Waals surface area (Å²) in [5.74, 6) is 0.200. The van der Waals surface area contributed by atoms with Gasteiger partial charge in [-0.3, -0.25) is 4.79 Å². The monoisotopic (exact) mass is 335 g/mol. The van der Waals surface area contributed by atoms with Gasteiger partial charge in [0.05, 0.1) is 12.1 Å². The summed E-state index contributed by atoms with van der Waals surface area (Å²) in [7, 11) is 1.69. The molecule has 1 saturated heterocycles. The molecule has 1 amide bonds. The van der Waals surface area contributed by atoms with Crippen LogP contribution in [0.1, 0.15) is 19.4 Å². The molecule has 0 bridgehead atoms. The molecule has 0 spiro atoms. The molecule has 5 unspecified atom stereocenters. The molecule has 7 heteroatoms. The Morgan fingerprint density at radius 2 is 1.96 bits per heavy atom. The van der Waals surface area contributed by atoms with Crippen molar-refractivity contribution in [3.8, 4) is 5.75 Å². The van der Waals surface area contributed by atoms with Crippen molar-refractivity contribution in [3.05, 3.63) is 41.3 Å². The van der Waals surface area contributed by atoms with Crippen molar-refractivity contribution in [3.63, 3.8) is 0 Å². The summed E-state index contributed by atoms with van der Waals surface area (Å²) >= 11 is 0. The van der Waals surface area contributed by atoms with Crippen molar-refractivity contribution < 1.29 is 24.5 Å². The van der Waals surface area contributed by atoms with E-state index in [1.165, 1.54) is 6.92 Å². The lowest BCUT2D eigenvalue weighted by molar-refractivity contribution is -0.242. The van der Waals surface area contributed by atoms with Gasteiger partial charge in [-0.15, -0.1) is 7.05 Å². The standard InChI is InChI=1S/C17H23N2O5/c1-10-14(19-11(2)20)15(21)16(22)17(23-10)24-13-6-4-12(5-7-13)8-9-18-3/h4-10,14-17,21-22H,1-3H3,(H,19,20)/q-1. The van der Waals surface area contributed by atoms with Gasteiger partial charge < -0.3 is 30.3 Å². The molecule has 1 fully saturated rings. The Bertz CT molecular complexity index is 575. The van der Waals surface area contributed by atoms with Crippen molar-refractivity contribution >= 4 is 12.0 Å². The van der Waals surface area contributed by atoms with E-state index in [-0.39, 0.29) is 5.91 Å². The van der Waals surface area contributed by atoms with Crippen molar-refractivity contribution in [2.45, 2.75) is 44.5 Å². The van der Waals surface area contributed by atoms with Crippen LogP contribution >= 0.6 is 0 Å². The SMILES string of the molecule is C[N-]C=Cc1ccc(OC2OC(C)C(NC(C)=O)C(O)C2O)cc1. The van der Waals surface area contributed by atoms with E-state index >= 15 is 0 Å². The molecule has 5 atom stereocenters. The molecule has 1 aromatic rings. The summed E-state index contributed by atoms with van der Waals surface area (Å²) in [6, 6.07) is 6.46. The first-order valence-corrected chi connectivity index (χ1v) is 7.73. The van der Waals surface area contributed by atoms with E-state index in [0.717, 1.165) is 5.56 Å². The van der Waals surface area contributed by atoms with Gasteiger partial charge in [0, 0.05) is 6.92 Å². The zero-order valence-corrected chi connectivity index (χ0v) is 13.9. The molecule has 0 saturated carbocycles. The fourth-order valence-electron chi connectivity index (χ4n) is 2.51. The number of carbonyl (C=O) groups excluding carboxylic acids is 1. The van der Waals surface area contributed by atoms with Crippen LogP contribution in [0.4, 0.5) is 0 Å². The first-order chi connectivity index (χ1) is 11.4. The Balaban J connectivity index is 2.02. The fraction of sp³-hybridized carbons (Fsp3) is 0.471. The quantitative estimate of drug-likeness (QED) is 0.745. The number of benzene rings is 1. The molecular weight excluding hydrogens is 312 g/mol. The van der Waals surface area contributed by atoms with E-state index in [1.807, 2.05) is 18.2 Å². The average molecular weight is 335 g/mol. The van der Waals surface area contributed by atoms with E-state index in [9.17, 15) is 15.0 Å². The van der Waals surface area contributed by atoms with Crippen molar-refractivity contribution in [2.75, 3.05) is 7.05 Å². The third-order valence-electron chi connectivity index (χ3n) is 3.77. The van der Waals surface area contributed by atoms with Crippen molar-refractivity contribution in [1.29, 1.82) is 0 Å². The van der Waals surface area contributed by atoms with Crippen LogP contribution in [0.15, 0.2) is 30.5 Å². The van der Waals surface area contributed by atoms with Gasteiger partial charge in [-0.05, 0) is 24.6 Å². The van der Waals surface area contributed by atoms with Gasteiger partial charge >= 0.3 is 0 Å². The summed E-state index contributed by atoms with van der Waals surface area (Å²) in [5, 5.41) is 26.9. The number of ether oxygens (including phenoxy) is 2. The highest BCUT2D eigenvalue weighted by Gasteiger charge is 2.44. The number of nitrogens with zero attached hydrogens (tertiary/aromatic N) is 1. The predicted molar refractivity (Wildman–Crippen MR) is 89.3 cm³/mol. The van der Waals surface area contributed by atoms with Gasteiger partial charge in [-0.2, -0.15) is 6.20 Å². The Morgan fingerprint density at radius 3 is 2.54 bits per heavy atom. The van der Waals surface area contributed by atoms with E-state index in [2.05, 4.69) is 10.6 Å². The van der Waals surface area contributed by atoms with E-state index in [1.54, 1.807) is 32.3 Å². The second kappa shape index (κ2) is 8.14. The molecule has 7 nitrogen and oxygen atoms in total. The van der Waals surface area contributed by atoms with Crippen LogP contribution < -0.4 is 10.1 Å². The number of hydrogen-bond donors (Lipinski definition) is 3. The molecule has 0 aromatic heterocycles. The highest BCUT2D eigenvalue weighted by atomic mass is 16.7. The fourth-order valence-corrected chi connectivity index (χ4v) is 2.51. The number of amides is 1. The molecule has 3 N–H and O–H groups in total. The molecule has 1 aliphatic heterocycles. The predicted octanol–water partition coefficient (Wildman–Crippen LogP) is 1.01. The lowest BCUT2D eigenvalue weighted by Gasteiger charge is -2.41. The maximum atomic E-state index is 11.2. The Kier molecular flexibility index (Phi) is 6.19. The maximum Gasteiger partial charge on any atom is 0.229 e. The number of aliphatic hydroxyl groups excluding tert-OH is 2. The molecule has 24 heavy (non-hydrogen) atoms. The Morgan fingerprint density at radius 1 is 1.29 bits per heavy atom. The number of rotatable bonds is 5. The highest BCUT2D eigenvalue weighted by Crippen LogP contribution is 2.24. The lowest BCUT2D eigenvalue weighted by Crippen LogP contribution is -2.63. The van der Waals surface area contributed by atoms with Crippen LogP contribution in [-0.2, 0) is 9.53 Å². The largest absolute Gasteiger partial charge is 0.693 e. The molecule has 0 aliphatic carbocycles. The molecule has 1 aromatic carbocycles. The van der Waals surface area contributed by atoms with Crippen LogP contribution in [-0.4, -0.2) is 53.8 Å². The Labute approximate surface area is 141 Å². The second-order valence-electron chi connectivity index (χ2n) is 5.68. The van der Waals surface area contributed by atoms with E-state index in [0.29, 0.717) is 5.75 Å². The summed E-state index contributed by atoms with van der Waals surface area (Å²) < 4.78 is 11.2. The van der Waals surface area contributed by atoms with E-state index in [4.69, 9.17) is 9.47 Å². The highest BCUT2D eigenvalue weighted by molar-refractivity contribution is 5.73. The zero-order chi connectivity index (χ0) is 17.7. The van der Waals surface area contributed by atoms with Gasteiger partial charge in [0.15, 0.2) is 0 Å². The summed E-state index contributed by atoms with van der Waals surface area (Å²) in [5.41, 5.74) is 0.956. The van der Waals surface area contributed by atoms with Crippen LogP contribution in [0, 0.1) is 0 Å². The number of nitrogens with one attached hydrogen (secondary N) is 1. The number of aliphatic hydroxyl groups is 2. The van der Waals surface area contributed by atoms with Gasteiger partial charge in [-0.1, -0.05) is 18.2 Å². The van der Waals surface area contributed by atoms with E-state index < -0.39 is 30.6 Å². The topological polar surface area (TPSA) is 102 Å². The molecule has 0 radical (unpaired) electrons. The van der Waals surface area contributed by atoms with Crippen LogP contribution in [0.2, 0.25) is 0 Å². The third-order valence-corrected chi connectivity index (χ3v) is 3.77. The summed E-state index contributed by atoms with van der Waals surface area (Å²) in [6.07, 6.45) is -0.464. The minimum absolute atomic E-state index is 0.302. The van der Waals surface area contributed by atoms with Crippen LogP contribution in [0.25, 0.3) is 11.4 Å². The van der Waals surface area contributed by atoms with Crippen LogP contribution in [0.3, 0.4) is 0 Å². The van der Waals surface area contributed by atoms with Gasteiger partial charge in [0.2, 0.25) is 12.2 Å².